The molecular weight excluding hydrogens is 116 g/mol. The molecule has 1 aliphatic rings. The Labute approximate surface area is 54.1 Å². The van der Waals surface area contributed by atoms with Gasteiger partial charge in [0.2, 0.25) is 5.91 Å². The lowest BCUT2D eigenvalue weighted by molar-refractivity contribution is -0.141. The number of carbonyl (C=O) groups excluding carboxylic acids is 1. The summed E-state index contributed by atoms with van der Waals surface area (Å²) in [4.78, 5) is 12.4. The molecule has 1 rings (SSSR count). The fourth-order valence-corrected chi connectivity index (χ4v) is 0.848. The third-order valence-corrected chi connectivity index (χ3v) is 1.40. The van der Waals surface area contributed by atoms with Crippen molar-refractivity contribution in [2.75, 3.05) is 13.1 Å². The quantitative estimate of drug-likeness (QED) is 0.394. The molecule has 0 radical (unpaired) electrons. The first-order valence-electron chi connectivity index (χ1n) is 2.91. The first-order chi connectivity index (χ1) is 4.25. The minimum Gasteiger partial charge on any atom is -0.335 e. The second-order valence-corrected chi connectivity index (χ2v) is 2.14. The van der Waals surface area contributed by atoms with E-state index in [1.165, 1.54) is 0 Å². The number of nitrogens with zero attached hydrogens (tertiary/aromatic N) is 1. The van der Waals surface area contributed by atoms with Crippen LogP contribution in [-0.2, 0) is 4.79 Å². The zero-order chi connectivity index (χ0) is 6.85. The molecular formula is C6H10N2O. The van der Waals surface area contributed by atoms with Gasteiger partial charge in [0.15, 0.2) is 0 Å². The van der Waals surface area contributed by atoms with Gasteiger partial charge in [-0.1, -0.05) is 6.08 Å². The topological polar surface area (TPSA) is 46.3 Å². The van der Waals surface area contributed by atoms with Gasteiger partial charge < -0.3 is 10.6 Å². The average Bonchev–Trinajstić information content (AvgIpc) is 1.88. The van der Waals surface area contributed by atoms with Crippen molar-refractivity contribution in [1.29, 1.82) is 0 Å². The molecule has 0 aromatic carbocycles. The largest absolute Gasteiger partial charge is 0.335 e. The molecule has 1 saturated heterocycles. The van der Waals surface area contributed by atoms with Gasteiger partial charge >= 0.3 is 0 Å². The highest BCUT2D eigenvalue weighted by molar-refractivity contribution is 5.87. The Kier molecular flexibility index (Phi) is 1.53. The molecule has 3 heteroatoms. The highest BCUT2D eigenvalue weighted by atomic mass is 16.2. The van der Waals surface area contributed by atoms with Gasteiger partial charge in [0.05, 0.1) is 0 Å². The first kappa shape index (κ1) is 6.29. The number of carbonyl (C=O) groups is 1. The summed E-state index contributed by atoms with van der Waals surface area (Å²) in [5.74, 6) is 0.0369. The molecule has 1 aliphatic heterocycles. The van der Waals surface area contributed by atoms with E-state index >= 15 is 0 Å². The molecule has 1 atom stereocenters. The van der Waals surface area contributed by atoms with Crippen LogP contribution in [0.5, 0.6) is 0 Å². The standard InChI is InChI=1S/C6H10N2O/c1-2-3-8-4-5(7)6(8)9/h2,5H,1,3-4,7H2. The number of hydrogen-bond acceptors (Lipinski definition) is 2. The van der Waals surface area contributed by atoms with Crippen LogP contribution in [0.2, 0.25) is 0 Å². The maximum absolute atomic E-state index is 10.7. The normalized spacial score (nSPS) is 25.7. The van der Waals surface area contributed by atoms with Gasteiger partial charge in [-0.15, -0.1) is 6.58 Å². The van der Waals surface area contributed by atoms with Crippen molar-refractivity contribution in [3.8, 4) is 0 Å². The van der Waals surface area contributed by atoms with Crippen LogP contribution in [0.15, 0.2) is 12.7 Å². The number of hydrogen-bond donors (Lipinski definition) is 1. The number of likely N-dealkylation sites (tertiary alicyclic amines) is 1. The molecule has 0 bridgehead atoms. The van der Waals surface area contributed by atoms with E-state index in [1.807, 2.05) is 0 Å². The van der Waals surface area contributed by atoms with Crippen LogP contribution in [0.25, 0.3) is 0 Å². The summed E-state index contributed by atoms with van der Waals surface area (Å²) in [6.45, 7) is 4.82. The molecule has 1 fully saturated rings. The molecule has 2 N–H and O–H groups in total. The van der Waals surface area contributed by atoms with Crippen LogP contribution in [0.1, 0.15) is 0 Å². The van der Waals surface area contributed by atoms with Gasteiger partial charge in [-0.2, -0.15) is 0 Å². The molecule has 9 heavy (non-hydrogen) atoms. The predicted molar refractivity (Wildman–Crippen MR) is 34.8 cm³/mol. The Morgan fingerprint density at radius 1 is 2.00 bits per heavy atom. The van der Waals surface area contributed by atoms with Crippen LogP contribution < -0.4 is 5.73 Å². The van der Waals surface area contributed by atoms with Crippen molar-refractivity contribution in [3.63, 3.8) is 0 Å². The van der Waals surface area contributed by atoms with E-state index in [4.69, 9.17) is 5.73 Å². The Morgan fingerprint density at radius 2 is 2.67 bits per heavy atom. The summed E-state index contributed by atoms with van der Waals surface area (Å²) >= 11 is 0. The van der Waals surface area contributed by atoms with Gasteiger partial charge in [0.1, 0.15) is 6.04 Å². The maximum atomic E-state index is 10.7. The van der Waals surface area contributed by atoms with Crippen molar-refractivity contribution in [3.05, 3.63) is 12.7 Å². The highest BCUT2D eigenvalue weighted by Gasteiger charge is 2.31. The highest BCUT2D eigenvalue weighted by Crippen LogP contribution is 2.05. The number of nitrogens with two attached hydrogens (primary N) is 1. The fraction of sp³-hybridized carbons (Fsp3) is 0.500. The van der Waals surface area contributed by atoms with E-state index in [9.17, 15) is 4.79 Å². The van der Waals surface area contributed by atoms with E-state index in [0.29, 0.717) is 13.1 Å². The molecule has 0 saturated carbocycles. The molecule has 0 aromatic rings. The van der Waals surface area contributed by atoms with Gasteiger partial charge in [-0.3, -0.25) is 4.79 Å². The van der Waals surface area contributed by atoms with Crippen molar-refractivity contribution in [2.24, 2.45) is 5.73 Å². The van der Waals surface area contributed by atoms with E-state index in [0.717, 1.165) is 0 Å². The number of β-lactam (4-membered cyclic amide) rings is 1. The second kappa shape index (κ2) is 2.19. The lowest BCUT2D eigenvalue weighted by Gasteiger charge is -2.35. The van der Waals surface area contributed by atoms with Crippen LogP contribution in [0.3, 0.4) is 0 Å². The molecule has 1 amide bonds. The zero-order valence-electron chi connectivity index (χ0n) is 5.21. The molecule has 0 aromatic heterocycles. The Morgan fingerprint density at radius 3 is 3.00 bits per heavy atom. The van der Waals surface area contributed by atoms with Crippen LogP contribution >= 0.6 is 0 Å². The molecule has 0 spiro atoms. The summed E-state index contributed by atoms with van der Waals surface area (Å²) in [6.07, 6.45) is 1.70. The monoisotopic (exact) mass is 126 g/mol. The molecule has 1 unspecified atom stereocenters. The van der Waals surface area contributed by atoms with Crippen LogP contribution in [0, 0.1) is 0 Å². The van der Waals surface area contributed by atoms with Gasteiger partial charge in [-0.05, 0) is 0 Å². The van der Waals surface area contributed by atoms with E-state index in [1.54, 1.807) is 11.0 Å². The van der Waals surface area contributed by atoms with Crippen molar-refractivity contribution < 1.29 is 4.79 Å². The van der Waals surface area contributed by atoms with Crippen molar-refractivity contribution in [1.82, 2.24) is 4.90 Å². The molecule has 0 aliphatic carbocycles. The molecule has 1 heterocycles. The van der Waals surface area contributed by atoms with Gasteiger partial charge in [-0.25, -0.2) is 0 Å². The van der Waals surface area contributed by atoms with E-state index in [-0.39, 0.29) is 11.9 Å². The third-order valence-electron chi connectivity index (χ3n) is 1.40. The fourth-order valence-electron chi connectivity index (χ4n) is 0.848. The first-order valence-corrected chi connectivity index (χ1v) is 2.91. The number of rotatable bonds is 2. The van der Waals surface area contributed by atoms with E-state index < -0.39 is 0 Å². The van der Waals surface area contributed by atoms with Crippen molar-refractivity contribution >= 4 is 5.91 Å². The average molecular weight is 126 g/mol. The summed E-state index contributed by atoms with van der Waals surface area (Å²) in [5, 5.41) is 0. The second-order valence-electron chi connectivity index (χ2n) is 2.14. The van der Waals surface area contributed by atoms with E-state index in [2.05, 4.69) is 6.58 Å². The maximum Gasteiger partial charge on any atom is 0.241 e. The Balaban J connectivity index is 2.33. The molecule has 50 valence electrons. The third kappa shape index (κ3) is 0.954. The van der Waals surface area contributed by atoms with Crippen LogP contribution in [0.4, 0.5) is 0 Å². The number of amides is 1. The summed E-state index contributed by atoms with van der Waals surface area (Å²) < 4.78 is 0. The summed E-state index contributed by atoms with van der Waals surface area (Å²) in [6, 6.07) is -0.245. The zero-order valence-corrected chi connectivity index (χ0v) is 5.21. The Bertz CT molecular complexity index is 144. The lowest BCUT2D eigenvalue weighted by atomic mass is 10.1. The summed E-state index contributed by atoms with van der Waals surface area (Å²) in [5.41, 5.74) is 5.32. The van der Waals surface area contributed by atoms with Crippen LogP contribution in [-0.4, -0.2) is 29.9 Å². The minimum atomic E-state index is -0.245. The Hall–Kier alpha value is -0.830. The molecule has 3 nitrogen and oxygen atoms in total. The van der Waals surface area contributed by atoms with Gasteiger partial charge in [0.25, 0.3) is 0 Å². The smallest absolute Gasteiger partial charge is 0.241 e. The summed E-state index contributed by atoms with van der Waals surface area (Å²) in [7, 11) is 0. The van der Waals surface area contributed by atoms with Gasteiger partial charge in [0, 0.05) is 13.1 Å². The lowest BCUT2D eigenvalue weighted by Crippen LogP contribution is -2.60. The van der Waals surface area contributed by atoms with Crippen molar-refractivity contribution in [2.45, 2.75) is 6.04 Å². The minimum absolute atomic E-state index is 0.0369. The SMILES string of the molecule is C=CCN1CC(N)C1=O. The predicted octanol–water partition coefficient (Wildman–Crippen LogP) is -0.658.